The molecule has 4 nitrogen and oxygen atoms in total. The molecule has 0 aliphatic carbocycles. The summed E-state index contributed by atoms with van der Waals surface area (Å²) >= 11 is 1.49. The molecule has 1 rings (SSSR count). The van der Waals surface area contributed by atoms with Crippen molar-refractivity contribution in [2.24, 2.45) is 0 Å². The first kappa shape index (κ1) is 14.8. The Morgan fingerprint density at radius 3 is 2.89 bits per heavy atom. The third-order valence-corrected chi connectivity index (χ3v) is 3.60. The number of hydrogen-bond donors (Lipinski definition) is 2. The molecular weight excluding hydrogens is 246 g/mol. The van der Waals surface area contributed by atoms with E-state index in [1.807, 2.05) is 13.0 Å². The van der Waals surface area contributed by atoms with Gasteiger partial charge in [-0.05, 0) is 25.5 Å². The molecule has 0 bridgehead atoms. The zero-order chi connectivity index (χ0) is 13.4. The van der Waals surface area contributed by atoms with Crippen LogP contribution in [0.3, 0.4) is 0 Å². The van der Waals surface area contributed by atoms with Gasteiger partial charge in [-0.25, -0.2) is 4.98 Å². The summed E-state index contributed by atoms with van der Waals surface area (Å²) < 4.78 is 0. The topological polar surface area (TPSA) is 68.0 Å². The number of amides is 1. The normalized spacial score (nSPS) is 12.1. The van der Waals surface area contributed by atoms with Crippen LogP contribution in [0, 0.1) is 0 Å². The highest BCUT2D eigenvalue weighted by atomic mass is 32.2. The summed E-state index contributed by atoms with van der Waals surface area (Å²) in [6.45, 7) is 4.81. The van der Waals surface area contributed by atoms with Crippen molar-refractivity contribution in [1.29, 1.82) is 0 Å². The van der Waals surface area contributed by atoms with Gasteiger partial charge in [0.2, 0.25) is 5.91 Å². The molecule has 0 spiro atoms. The Morgan fingerprint density at radius 1 is 1.50 bits per heavy atom. The molecule has 18 heavy (non-hydrogen) atoms. The molecule has 1 atom stereocenters. The fourth-order valence-electron chi connectivity index (χ4n) is 1.45. The number of nitrogens with one attached hydrogen (secondary N) is 1. The van der Waals surface area contributed by atoms with E-state index in [-0.39, 0.29) is 11.2 Å². The molecule has 0 aliphatic heterocycles. The number of aromatic nitrogens is 1. The standard InChI is InChI=1S/C13H21N3OS/c1-3-4-5-8-15-13(17)10(2)18-11-6-7-12(14)16-9-11/h6-7,9-10H,3-5,8H2,1-2H3,(H2,14,16)(H,15,17). The summed E-state index contributed by atoms with van der Waals surface area (Å²) in [4.78, 5) is 16.8. The third-order valence-electron chi connectivity index (χ3n) is 2.52. The third kappa shape index (κ3) is 5.40. The van der Waals surface area contributed by atoms with Crippen LogP contribution in [-0.2, 0) is 4.79 Å². The monoisotopic (exact) mass is 267 g/mol. The lowest BCUT2D eigenvalue weighted by Crippen LogP contribution is -2.31. The quantitative estimate of drug-likeness (QED) is 0.588. The Hall–Kier alpha value is -1.23. The summed E-state index contributed by atoms with van der Waals surface area (Å²) in [6.07, 6.45) is 5.06. The minimum Gasteiger partial charge on any atom is -0.384 e. The molecule has 0 saturated heterocycles. The van der Waals surface area contributed by atoms with Crippen molar-refractivity contribution in [1.82, 2.24) is 10.3 Å². The van der Waals surface area contributed by atoms with Gasteiger partial charge in [0.15, 0.2) is 0 Å². The van der Waals surface area contributed by atoms with Crippen LogP contribution in [0.4, 0.5) is 5.82 Å². The number of rotatable bonds is 7. The Labute approximate surface area is 113 Å². The summed E-state index contributed by atoms with van der Waals surface area (Å²) in [6, 6.07) is 3.63. The molecular formula is C13H21N3OS. The number of nitrogens with two attached hydrogens (primary N) is 1. The summed E-state index contributed by atoms with van der Waals surface area (Å²) in [5, 5.41) is 2.83. The molecule has 1 aromatic heterocycles. The molecule has 3 N–H and O–H groups in total. The van der Waals surface area contributed by atoms with E-state index in [4.69, 9.17) is 5.73 Å². The van der Waals surface area contributed by atoms with Gasteiger partial charge in [0.05, 0.1) is 5.25 Å². The number of unbranched alkanes of at least 4 members (excludes halogenated alkanes) is 2. The van der Waals surface area contributed by atoms with Crippen molar-refractivity contribution >= 4 is 23.5 Å². The van der Waals surface area contributed by atoms with Crippen LogP contribution in [-0.4, -0.2) is 22.7 Å². The lowest BCUT2D eigenvalue weighted by atomic mass is 10.2. The maximum Gasteiger partial charge on any atom is 0.233 e. The van der Waals surface area contributed by atoms with Crippen LogP contribution in [0.2, 0.25) is 0 Å². The van der Waals surface area contributed by atoms with Gasteiger partial charge < -0.3 is 11.1 Å². The molecule has 0 aliphatic rings. The van der Waals surface area contributed by atoms with Gasteiger partial charge in [0.1, 0.15) is 5.82 Å². The highest BCUT2D eigenvalue weighted by Crippen LogP contribution is 2.22. The number of carbonyl (C=O) groups excluding carboxylic acids is 1. The molecule has 1 unspecified atom stereocenters. The largest absolute Gasteiger partial charge is 0.384 e. The number of anilines is 1. The molecule has 5 heteroatoms. The molecule has 1 heterocycles. The number of nitrogen functional groups attached to an aromatic ring is 1. The Bertz CT molecular complexity index is 367. The maximum atomic E-state index is 11.8. The Morgan fingerprint density at radius 2 is 2.28 bits per heavy atom. The van der Waals surface area contributed by atoms with Crippen molar-refractivity contribution in [2.75, 3.05) is 12.3 Å². The minimum absolute atomic E-state index is 0.0768. The predicted molar refractivity (Wildman–Crippen MR) is 76.5 cm³/mol. The van der Waals surface area contributed by atoms with E-state index in [1.54, 1.807) is 12.3 Å². The molecule has 0 fully saturated rings. The van der Waals surface area contributed by atoms with Gasteiger partial charge >= 0.3 is 0 Å². The second-order valence-corrected chi connectivity index (χ2v) is 5.59. The fraction of sp³-hybridized carbons (Fsp3) is 0.538. The zero-order valence-electron chi connectivity index (χ0n) is 11.0. The van der Waals surface area contributed by atoms with Crippen LogP contribution in [0.5, 0.6) is 0 Å². The first-order valence-corrected chi connectivity index (χ1v) is 7.17. The fourth-order valence-corrected chi connectivity index (χ4v) is 2.31. The second kappa shape index (κ2) is 7.97. The van der Waals surface area contributed by atoms with Crippen molar-refractivity contribution in [2.45, 2.75) is 43.3 Å². The summed E-state index contributed by atoms with van der Waals surface area (Å²) in [7, 11) is 0. The lowest BCUT2D eigenvalue weighted by molar-refractivity contribution is -0.120. The van der Waals surface area contributed by atoms with Crippen LogP contribution in [0.15, 0.2) is 23.2 Å². The SMILES string of the molecule is CCCCCNC(=O)C(C)Sc1ccc(N)nc1. The minimum atomic E-state index is -0.114. The smallest absolute Gasteiger partial charge is 0.233 e. The van der Waals surface area contributed by atoms with Gasteiger partial charge in [0, 0.05) is 17.6 Å². The predicted octanol–water partition coefficient (Wildman–Crippen LogP) is 2.45. The van der Waals surface area contributed by atoms with E-state index < -0.39 is 0 Å². The highest BCUT2D eigenvalue weighted by molar-refractivity contribution is 8.00. The van der Waals surface area contributed by atoms with Crippen LogP contribution in [0.25, 0.3) is 0 Å². The van der Waals surface area contributed by atoms with E-state index in [0.717, 1.165) is 30.7 Å². The van der Waals surface area contributed by atoms with Crippen LogP contribution >= 0.6 is 11.8 Å². The summed E-state index contributed by atoms with van der Waals surface area (Å²) in [5.41, 5.74) is 5.51. The molecule has 0 aromatic carbocycles. The molecule has 1 amide bonds. The highest BCUT2D eigenvalue weighted by Gasteiger charge is 2.13. The van der Waals surface area contributed by atoms with Gasteiger partial charge in [-0.3, -0.25) is 4.79 Å². The van der Waals surface area contributed by atoms with Crippen molar-refractivity contribution < 1.29 is 4.79 Å². The first-order valence-electron chi connectivity index (χ1n) is 6.29. The number of hydrogen-bond acceptors (Lipinski definition) is 4. The number of pyridine rings is 1. The zero-order valence-corrected chi connectivity index (χ0v) is 11.8. The number of nitrogens with zero attached hydrogens (tertiary/aromatic N) is 1. The van der Waals surface area contributed by atoms with E-state index in [9.17, 15) is 4.79 Å². The van der Waals surface area contributed by atoms with Gasteiger partial charge in [-0.2, -0.15) is 0 Å². The van der Waals surface area contributed by atoms with E-state index in [1.165, 1.54) is 11.8 Å². The molecule has 0 saturated carbocycles. The molecule has 0 radical (unpaired) electrons. The number of thioether (sulfide) groups is 1. The lowest BCUT2D eigenvalue weighted by Gasteiger charge is -2.11. The second-order valence-electron chi connectivity index (χ2n) is 4.18. The Kier molecular flexibility index (Phi) is 6.57. The van der Waals surface area contributed by atoms with Crippen molar-refractivity contribution in [3.63, 3.8) is 0 Å². The van der Waals surface area contributed by atoms with E-state index in [2.05, 4.69) is 17.2 Å². The van der Waals surface area contributed by atoms with Crippen molar-refractivity contribution in [3.8, 4) is 0 Å². The first-order chi connectivity index (χ1) is 8.63. The maximum absolute atomic E-state index is 11.8. The van der Waals surface area contributed by atoms with Crippen LogP contribution < -0.4 is 11.1 Å². The average Bonchev–Trinajstić information content (AvgIpc) is 2.37. The molecule has 100 valence electrons. The molecule has 1 aromatic rings. The average molecular weight is 267 g/mol. The van der Waals surface area contributed by atoms with Gasteiger partial charge in [-0.1, -0.05) is 19.8 Å². The van der Waals surface area contributed by atoms with Crippen molar-refractivity contribution in [3.05, 3.63) is 18.3 Å². The Balaban J connectivity index is 2.33. The summed E-state index contributed by atoms with van der Waals surface area (Å²) in [5.74, 6) is 0.573. The van der Waals surface area contributed by atoms with Gasteiger partial charge in [0.25, 0.3) is 0 Å². The van der Waals surface area contributed by atoms with E-state index in [0.29, 0.717) is 5.82 Å². The van der Waals surface area contributed by atoms with Crippen LogP contribution in [0.1, 0.15) is 33.1 Å². The van der Waals surface area contributed by atoms with Gasteiger partial charge in [-0.15, -0.1) is 11.8 Å². The number of carbonyl (C=O) groups is 1. The van der Waals surface area contributed by atoms with E-state index >= 15 is 0 Å².